The van der Waals surface area contributed by atoms with Crippen LogP contribution in [0.15, 0.2) is 29.3 Å². The van der Waals surface area contributed by atoms with Gasteiger partial charge in [0.25, 0.3) is 0 Å². The minimum Gasteiger partial charge on any atom is -0.497 e. The molecule has 1 aromatic heterocycles. The van der Waals surface area contributed by atoms with Crippen LogP contribution < -0.4 is 14.8 Å². The predicted octanol–water partition coefficient (Wildman–Crippen LogP) is 3.58. The number of hydrogen-bond acceptors (Lipinski definition) is 6. The first kappa shape index (κ1) is 19.1. The highest BCUT2D eigenvalue weighted by atomic mass is 32.2. The Bertz CT molecular complexity index is 908. The molecule has 1 unspecified atom stereocenters. The Kier molecular flexibility index (Phi) is 5.87. The number of methoxy groups -OCH3 is 2. The largest absolute Gasteiger partial charge is 0.497 e. The minimum absolute atomic E-state index is 0.186. The molecule has 0 aliphatic heterocycles. The number of pyridine rings is 1. The van der Waals surface area contributed by atoms with Gasteiger partial charge in [-0.05, 0) is 49.9 Å². The molecule has 1 aromatic carbocycles. The first-order chi connectivity index (χ1) is 13.0. The maximum absolute atomic E-state index is 12.6. The van der Waals surface area contributed by atoms with Gasteiger partial charge >= 0.3 is 0 Å². The van der Waals surface area contributed by atoms with Gasteiger partial charge in [-0.25, -0.2) is 4.98 Å². The predicted molar refractivity (Wildman–Crippen MR) is 104 cm³/mol. The zero-order chi connectivity index (χ0) is 19.4. The molecule has 1 aliphatic carbocycles. The van der Waals surface area contributed by atoms with Crippen molar-refractivity contribution >= 4 is 23.4 Å². The van der Waals surface area contributed by atoms with Gasteiger partial charge < -0.3 is 14.8 Å². The molecule has 0 fully saturated rings. The van der Waals surface area contributed by atoms with Gasteiger partial charge in [-0.1, -0.05) is 11.8 Å². The number of anilines is 1. The van der Waals surface area contributed by atoms with Crippen LogP contribution in [0.3, 0.4) is 0 Å². The van der Waals surface area contributed by atoms with E-state index in [0.29, 0.717) is 27.8 Å². The molecule has 0 radical (unpaired) electrons. The van der Waals surface area contributed by atoms with Gasteiger partial charge in [0.1, 0.15) is 22.6 Å². The molecule has 3 rings (SSSR count). The number of nitrogens with one attached hydrogen (secondary N) is 1. The van der Waals surface area contributed by atoms with E-state index in [2.05, 4.69) is 16.4 Å². The summed E-state index contributed by atoms with van der Waals surface area (Å²) < 4.78 is 10.5. The minimum atomic E-state index is -0.420. The molecule has 0 saturated carbocycles. The Morgan fingerprint density at radius 2 is 2.11 bits per heavy atom. The van der Waals surface area contributed by atoms with Crippen LogP contribution in [-0.4, -0.2) is 30.4 Å². The van der Waals surface area contributed by atoms with Crippen molar-refractivity contribution in [3.63, 3.8) is 0 Å². The number of ether oxygens (including phenoxy) is 2. The van der Waals surface area contributed by atoms with Gasteiger partial charge in [-0.2, -0.15) is 5.26 Å². The standard InChI is InChI=1S/C20H21N3O3S/c1-12(19(24)22-17-8-7-15(25-2)10-18(17)26-3)27-20-14(11-21)9-13-5-4-6-16(13)23-20/h7-10,12H,4-6H2,1-3H3,(H,22,24). The first-order valence-corrected chi connectivity index (χ1v) is 9.56. The molecule has 140 valence electrons. The topological polar surface area (TPSA) is 84.2 Å². The monoisotopic (exact) mass is 383 g/mol. The number of rotatable bonds is 6. The summed E-state index contributed by atoms with van der Waals surface area (Å²) >= 11 is 1.30. The van der Waals surface area contributed by atoms with Gasteiger partial charge in [-0.15, -0.1) is 0 Å². The van der Waals surface area contributed by atoms with Gasteiger partial charge in [0.15, 0.2) is 0 Å². The van der Waals surface area contributed by atoms with Crippen molar-refractivity contribution in [1.82, 2.24) is 4.98 Å². The van der Waals surface area contributed by atoms with Crippen LogP contribution >= 0.6 is 11.8 Å². The number of carbonyl (C=O) groups excluding carboxylic acids is 1. The second-order valence-corrected chi connectivity index (χ2v) is 7.56. The van der Waals surface area contributed by atoms with Crippen molar-refractivity contribution in [2.45, 2.75) is 36.5 Å². The van der Waals surface area contributed by atoms with Gasteiger partial charge in [0, 0.05) is 11.8 Å². The molecule has 0 bridgehead atoms. The number of nitrogens with zero attached hydrogens (tertiary/aromatic N) is 2. The van der Waals surface area contributed by atoms with E-state index >= 15 is 0 Å². The number of fused-ring (bicyclic) bond motifs is 1. The number of carbonyl (C=O) groups is 1. The molecule has 27 heavy (non-hydrogen) atoms. The van der Waals surface area contributed by atoms with Crippen LogP contribution in [0, 0.1) is 11.3 Å². The molecule has 6 nitrogen and oxygen atoms in total. The van der Waals surface area contributed by atoms with E-state index in [-0.39, 0.29) is 5.91 Å². The molecule has 2 aromatic rings. The van der Waals surface area contributed by atoms with E-state index in [9.17, 15) is 10.1 Å². The van der Waals surface area contributed by atoms with E-state index < -0.39 is 5.25 Å². The number of aromatic nitrogens is 1. The molecule has 0 spiro atoms. The van der Waals surface area contributed by atoms with Gasteiger partial charge in [0.2, 0.25) is 5.91 Å². The lowest BCUT2D eigenvalue weighted by atomic mass is 10.2. The summed E-state index contributed by atoms with van der Waals surface area (Å²) in [7, 11) is 3.11. The summed E-state index contributed by atoms with van der Waals surface area (Å²) in [4.78, 5) is 17.3. The first-order valence-electron chi connectivity index (χ1n) is 8.68. The molecule has 0 saturated heterocycles. The lowest BCUT2D eigenvalue weighted by Gasteiger charge is -2.15. The number of thioether (sulfide) groups is 1. The van der Waals surface area contributed by atoms with Crippen LogP contribution in [0.2, 0.25) is 0 Å². The van der Waals surface area contributed by atoms with Crippen molar-refractivity contribution in [1.29, 1.82) is 5.26 Å². The fourth-order valence-electron chi connectivity index (χ4n) is 2.98. The van der Waals surface area contributed by atoms with E-state index in [1.807, 2.05) is 6.07 Å². The van der Waals surface area contributed by atoms with Crippen LogP contribution in [0.25, 0.3) is 0 Å². The molecule has 1 amide bonds. The molecule has 7 heteroatoms. The van der Waals surface area contributed by atoms with E-state index in [1.54, 1.807) is 32.2 Å². The summed E-state index contributed by atoms with van der Waals surface area (Å²) in [6.45, 7) is 1.80. The van der Waals surface area contributed by atoms with Crippen molar-refractivity contribution in [3.05, 3.63) is 41.1 Å². The number of nitriles is 1. The third-order valence-corrected chi connectivity index (χ3v) is 5.56. The average Bonchev–Trinajstić information content (AvgIpc) is 3.14. The number of aryl methyl sites for hydroxylation is 2. The zero-order valence-electron chi connectivity index (χ0n) is 15.5. The second-order valence-electron chi connectivity index (χ2n) is 6.23. The third kappa shape index (κ3) is 4.17. The van der Waals surface area contributed by atoms with E-state index in [4.69, 9.17) is 9.47 Å². The normalized spacial score (nSPS) is 13.4. The third-order valence-electron chi connectivity index (χ3n) is 4.46. The Labute approximate surface area is 162 Å². The maximum Gasteiger partial charge on any atom is 0.237 e. The fraction of sp³-hybridized carbons (Fsp3) is 0.350. The summed E-state index contributed by atoms with van der Waals surface area (Å²) in [5.41, 5.74) is 3.29. The summed E-state index contributed by atoms with van der Waals surface area (Å²) in [5, 5.41) is 12.5. The Balaban J connectivity index is 1.75. The molecule has 1 N–H and O–H groups in total. The average molecular weight is 383 g/mol. The SMILES string of the molecule is COc1ccc(NC(=O)C(C)Sc2nc3c(cc2C#N)CCC3)c(OC)c1. The molecular weight excluding hydrogens is 362 g/mol. The van der Waals surface area contributed by atoms with Gasteiger partial charge in [-0.3, -0.25) is 4.79 Å². The summed E-state index contributed by atoms with van der Waals surface area (Å²) in [6, 6.07) is 9.32. The van der Waals surface area contributed by atoms with Crippen LogP contribution in [0.4, 0.5) is 5.69 Å². The second kappa shape index (κ2) is 8.31. The Hall–Kier alpha value is -2.72. The van der Waals surface area contributed by atoms with E-state index in [0.717, 1.165) is 30.5 Å². The lowest BCUT2D eigenvalue weighted by Crippen LogP contribution is -2.23. The molecule has 1 heterocycles. The maximum atomic E-state index is 12.6. The quantitative estimate of drug-likeness (QED) is 0.768. The van der Waals surface area contributed by atoms with Crippen LogP contribution in [-0.2, 0) is 17.6 Å². The van der Waals surface area contributed by atoms with Crippen molar-refractivity contribution in [2.24, 2.45) is 0 Å². The highest BCUT2D eigenvalue weighted by Crippen LogP contribution is 2.32. The van der Waals surface area contributed by atoms with Crippen molar-refractivity contribution in [2.75, 3.05) is 19.5 Å². The highest BCUT2D eigenvalue weighted by Gasteiger charge is 2.22. The number of hydrogen-bond donors (Lipinski definition) is 1. The summed E-state index contributed by atoms with van der Waals surface area (Å²) in [6.07, 6.45) is 2.96. The highest BCUT2D eigenvalue weighted by molar-refractivity contribution is 8.00. The smallest absolute Gasteiger partial charge is 0.237 e. The number of benzene rings is 1. The van der Waals surface area contributed by atoms with Crippen LogP contribution in [0.5, 0.6) is 11.5 Å². The Morgan fingerprint density at radius 1 is 1.30 bits per heavy atom. The van der Waals surface area contributed by atoms with Crippen LogP contribution in [0.1, 0.15) is 30.2 Å². The van der Waals surface area contributed by atoms with Crippen molar-refractivity contribution < 1.29 is 14.3 Å². The number of amides is 1. The molecular formula is C20H21N3O3S. The Morgan fingerprint density at radius 3 is 2.81 bits per heavy atom. The zero-order valence-corrected chi connectivity index (χ0v) is 16.4. The van der Waals surface area contributed by atoms with Gasteiger partial charge in [0.05, 0.1) is 30.7 Å². The molecule has 1 aliphatic rings. The summed E-state index contributed by atoms with van der Waals surface area (Å²) in [5.74, 6) is 0.983. The van der Waals surface area contributed by atoms with E-state index in [1.165, 1.54) is 18.9 Å². The fourth-order valence-corrected chi connectivity index (χ4v) is 3.88. The molecule has 1 atom stereocenters. The van der Waals surface area contributed by atoms with Crippen molar-refractivity contribution in [3.8, 4) is 17.6 Å². The lowest BCUT2D eigenvalue weighted by molar-refractivity contribution is -0.115.